The van der Waals surface area contributed by atoms with E-state index in [0.29, 0.717) is 11.9 Å². The van der Waals surface area contributed by atoms with Gasteiger partial charge in [0.05, 0.1) is 11.1 Å². The third-order valence-corrected chi connectivity index (χ3v) is 4.47. The molecule has 0 atom stereocenters. The van der Waals surface area contributed by atoms with Crippen molar-refractivity contribution in [1.29, 1.82) is 0 Å². The van der Waals surface area contributed by atoms with Crippen LogP contribution >= 0.6 is 0 Å². The van der Waals surface area contributed by atoms with Crippen LogP contribution in [0.25, 0.3) is 22.4 Å². The first-order valence-corrected chi connectivity index (χ1v) is 8.10. The van der Waals surface area contributed by atoms with Gasteiger partial charge in [0.2, 0.25) is 0 Å². The van der Waals surface area contributed by atoms with E-state index in [1.54, 1.807) is 12.4 Å². The van der Waals surface area contributed by atoms with Gasteiger partial charge in [-0.2, -0.15) is 5.10 Å². The van der Waals surface area contributed by atoms with Gasteiger partial charge in [-0.25, -0.2) is 9.97 Å². The summed E-state index contributed by atoms with van der Waals surface area (Å²) in [7, 11) is 1.93. The Kier molecular flexibility index (Phi) is 3.44. The summed E-state index contributed by atoms with van der Waals surface area (Å²) in [6, 6.07) is 4.38. The number of nitrogens with one attached hydrogen (secondary N) is 1. The first-order valence-electron chi connectivity index (χ1n) is 8.10. The Morgan fingerprint density at radius 3 is 2.78 bits per heavy atom. The Labute approximate surface area is 135 Å². The van der Waals surface area contributed by atoms with E-state index in [2.05, 4.69) is 15.4 Å². The standard InChI is InChI=1S/C17H20N6/c1-11-14-16(19-13-7-3-4-8-13)20-15(12-6-5-9-18-10-12)21-17(14)23(2)22-11/h5-6,9-10,13H,3-4,7-8H2,1-2H3,(H,19,20,21). The number of hydrogen-bond acceptors (Lipinski definition) is 5. The third kappa shape index (κ3) is 2.54. The fraction of sp³-hybridized carbons (Fsp3) is 0.412. The van der Waals surface area contributed by atoms with E-state index < -0.39 is 0 Å². The monoisotopic (exact) mass is 308 g/mol. The lowest BCUT2D eigenvalue weighted by atomic mass is 10.2. The van der Waals surface area contributed by atoms with Crippen molar-refractivity contribution in [1.82, 2.24) is 24.7 Å². The molecule has 0 amide bonds. The Hall–Kier alpha value is -2.50. The molecule has 0 spiro atoms. The van der Waals surface area contributed by atoms with Crippen molar-refractivity contribution in [2.45, 2.75) is 38.6 Å². The minimum absolute atomic E-state index is 0.495. The van der Waals surface area contributed by atoms with Gasteiger partial charge in [-0.3, -0.25) is 9.67 Å². The van der Waals surface area contributed by atoms with E-state index >= 15 is 0 Å². The number of rotatable bonds is 3. The summed E-state index contributed by atoms with van der Waals surface area (Å²) < 4.78 is 1.83. The molecule has 6 heteroatoms. The molecule has 6 nitrogen and oxygen atoms in total. The summed E-state index contributed by atoms with van der Waals surface area (Å²) >= 11 is 0. The minimum Gasteiger partial charge on any atom is -0.367 e. The molecule has 0 saturated heterocycles. The summed E-state index contributed by atoms with van der Waals surface area (Å²) in [6.07, 6.45) is 8.53. The smallest absolute Gasteiger partial charge is 0.165 e. The molecule has 1 saturated carbocycles. The van der Waals surface area contributed by atoms with Crippen LogP contribution in [0.15, 0.2) is 24.5 Å². The Bertz CT molecular complexity index is 833. The first-order chi connectivity index (χ1) is 11.2. The normalized spacial score (nSPS) is 15.4. The Morgan fingerprint density at radius 1 is 1.22 bits per heavy atom. The summed E-state index contributed by atoms with van der Waals surface area (Å²) in [6.45, 7) is 2.01. The molecule has 0 aromatic carbocycles. The van der Waals surface area contributed by atoms with Crippen LogP contribution in [0, 0.1) is 6.92 Å². The van der Waals surface area contributed by atoms with E-state index in [1.807, 2.05) is 30.8 Å². The molecule has 3 heterocycles. The maximum absolute atomic E-state index is 4.79. The second kappa shape index (κ2) is 5.61. The van der Waals surface area contributed by atoms with Crippen LogP contribution in [0.4, 0.5) is 5.82 Å². The molecular weight excluding hydrogens is 288 g/mol. The zero-order valence-corrected chi connectivity index (χ0v) is 13.5. The van der Waals surface area contributed by atoms with E-state index in [0.717, 1.165) is 28.1 Å². The maximum atomic E-state index is 4.79. The van der Waals surface area contributed by atoms with Crippen LogP contribution in [-0.2, 0) is 7.05 Å². The Morgan fingerprint density at radius 2 is 2.04 bits per heavy atom. The van der Waals surface area contributed by atoms with Gasteiger partial charge < -0.3 is 5.32 Å². The largest absolute Gasteiger partial charge is 0.367 e. The van der Waals surface area contributed by atoms with Crippen LogP contribution in [-0.4, -0.2) is 30.8 Å². The molecule has 3 aromatic heterocycles. The number of hydrogen-bond donors (Lipinski definition) is 1. The molecule has 0 radical (unpaired) electrons. The van der Waals surface area contributed by atoms with Gasteiger partial charge in [-0.15, -0.1) is 0 Å². The van der Waals surface area contributed by atoms with Crippen molar-refractivity contribution < 1.29 is 0 Å². The highest BCUT2D eigenvalue weighted by atomic mass is 15.3. The van der Waals surface area contributed by atoms with Crippen molar-refractivity contribution in [2.24, 2.45) is 7.05 Å². The van der Waals surface area contributed by atoms with E-state index in [4.69, 9.17) is 9.97 Å². The number of fused-ring (bicyclic) bond motifs is 1. The van der Waals surface area contributed by atoms with E-state index in [1.165, 1.54) is 25.7 Å². The highest BCUT2D eigenvalue weighted by Gasteiger charge is 2.20. The van der Waals surface area contributed by atoms with Gasteiger partial charge in [0.25, 0.3) is 0 Å². The van der Waals surface area contributed by atoms with Crippen molar-refractivity contribution >= 4 is 16.9 Å². The molecule has 1 aliphatic rings. The topological polar surface area (TPSA) is 68.5 Å². The molecule has 0 bridgehead atoms. The minimum atomic E-state index is 0.495. The van der Waals surface area contributed by atoms with Crippen LogP contribution in [0.1, 0.15) is 31.4 Å². The van der Waals surface area contributed by atoms with Gasteiger partial charge in [0.1, 0.15) is 5.82 Å². The lowest BCUT2D eigenvalue weighted by Crippen LogP contribution is -2.16. The number of aryl methyl sites for hydroxylation is 2. The zero-order valence-electron chi connectivity index (χ0n) is 13.5. The fourth-order valence-electron chi connectivity index (χ4n) is 3.33. The lowest BCUT2D eigenvalue weighted by Gasteiger charge is -2.14. The summed E-state index contributed by atoms with van der Waals surface area (Å²) in [5.41, 5.74) is 2.74. The fourth-order valence-corrected chi connectivity index (χ4v) is 3.33. The predicted octanol–water partition coefficient (Wildman–Crippen LogP) is 3.09. The summed E-state index contributed by atoms with van der Waals surface area (Å²) in [4.78, 5) is 13.7. The van der Waals surface area contributed by atoms with Crippen LogP contribution in [0.2, 0.25) is 0 Å². The number of anilines is 1. The Balaban J connectivity index is 1.87. The average molecular weight is 308 g/mol. The highest BCUT2D eigenvalue weighted by molar-refractivity contribution is 5.91. The third-order valence-electron chi connectivity index (χ3n) is 4.47. The maximum Gasteiger partial charge on any atom is 0.165 e. The zero-order chi connectivity index (χ0) is 15.8. The lowest BCUT2D eigenvalue weighted by molar-refractivity contribution is 0.751. The van der Waals surface area contributed by atoms with Gasteiger partial charge >= 0.3 is 0 Å². The highest BCUT2D eigenvalue weighted by Crippen LogP contribution is 2.29. The molecule has 23 heavy (non-hydrogen) atoms. The second-order valence-corrected chi connectivity index (χ2v) is 6.17. The molecule has 1 N–H and O–H groups in total. The van der Waals surface area contributed by atoms with Crippen LogP contribution in [0.3, 0.4) is 0 Å². The van der Waals surface area contributed by atoms with Crippen LogP contribution < -0.4 is 5.32 Å². The van der Waals surface area contributed by atoms with Gasteiger partial charge in [0, 0.05) is 31.0 Å². The molecule has 4 rings (SSSR count). The molecular formula is C17H20N6. The van der Waals surface area contributed by atoms with Crippen LogP contribution in [0.5, 0.6) is 0 Å². The van der Waals surface area contributed by atoms with Gasteiger partial charge in [-0.05, 0) is 31.9 Å². The SMILES string of the molecule is Cc1nn(C)c2nc(-c3cccnc3)nc(NC3CCCC3)c12. The molecule has 3 aromatic rings. The predicted molar refractivity (Wildman–Crippen MR) is 90.2 cm³/mol. The average Bonchev–Trinajstić information content (AvgIpc) is 3.17. The van der Waals surface area contributed by atoms with Crippen molar-refractivity contribution in [3.8, 4) is 11.4 Å². The number of aromatic nitrogens is 5. The summed E-state index contributed by atoms with van der Waals surface area (Å²) in [5, 5.41) is 9.16. The molecule has 1 aliphatic carbocycles. The van der Waals surface area contributed by atoms with E-state index in [9.17, 15) is 0 Å². The number of pyridine rings is 1. The second-order valence-electron chi connectivity index (χ2n) is 6.17. The quantitative estimate of drug-likeness (QED) is 0.805. The summed E-state index contributed by atoms with van der Waals surface area (Å²) in [5.74, 6) is 1.58. The molecule has 1 fully saturated rings. The van der Waals surface area contributed by atoms with Gasteiger partial charge in [0.15, 0.2) is 11.5 Å². The molecule has 0 unspecified atom stereocenters. The van der Waals surface area contributed by atoms with Crippen molar-refractivity contribution in [3.05, 3.63) is 30.2 Å². The molecule has 118 valence electrons. The van der Waals surface area contributed by atoms with Crippen molar-refractivity contribution in [3.63, 3.8) is 0 Å². The van der Waals surface area contributed by atoms with Gasteiger partial charge in [-0.1, -0.05) is 12.8 Å². The first kappa shape index (κ1) is 14.1. The van der Waals surface area contributed by atoms with E-state index in [-0.39, 0.29) is 0 Å². The number of nitrogens with zero attached hydrogens (tertiary/aromatic N) is 5. The van der Waals surface area contributed by atoms with Crippen molar-refractivity contribution in [2.75, 3.05) is 5.32 Å². The molecule has 0 aliphatic heterocycles.